The molecule has 0 atom stereocenters. The van der Waals surface area contributed by atoms with Crippen LogP contribution in [0.15, 0.2) is 60.8 Å². The molecule has 5 heteroatoms. The van der Waals surface area contributed by atoms with Crippen LogP contribution in [0.4, 0.5) is 5.82 Å². The molecular formula is C22H22ClN3O. The van der Waals surface area contributed by atoms with Gasteiger partial charge in [-0.1, -0.05) is 54.8 Å². The van der Waals surface area contributed by atoms with Gasteiger partial charge in [0.25, 0.3) is 0 Å². The molecule has 4 nitrogen and oxygen atoms in total. The zero-order chi connectivity index (χ0) is 18.9. The van der Waals surface area contributed by atoms with Gasteiger partial charge in [0.05, 0.1) is 11.1 Å². The van der Waals surface area contributed by atoms with Crippen molar-refractivity contribution in [2.75, 3.05) is 5.32 Å². The molecule has 138 valence electrons. The van der Waals surface area contributed by atoms with E-state index in [9.17, 15) is 4.79 Å². The molecule has 0 spiro atoms. The van der Waals surface area contributed by atoms with Gasteiger partial charge in [0.1, 0.15) is 0 Å². The van der Waals surface area contributed by atoms with Crippen molar-refractivity contribution in [3.05, 3.63) is 76.9 Å². The molecule has 27 heavy (non-hydrogen) atoms. The fraction of sp³-hybridized carbons (Fsp3) is 0.273. The third kappa shape index (κ3) is 3.37. The second-order valence-corrected chi connectivity index (χ2v) is 7.63. The molecule has 1 heterocycles. The van der Waals surface area contributed by atoms with Gasteiger partial charge in [0.15, 0.2) is 5.82 Å². The van der Waals surface area contributed by atoms with E-state index in [2.05, 4.69) is 10.4 Å². The molecule has 0 aliphatic heterocycles. The van der Waals surface area contributed by atoms with Crippen molar-refractivity contribution in [3.63, 3.8) is 0 Å². The van der Waals surface area contributed by atoms with Gasteiger partial charge >= 0.3 is 0 Å². The maximum atomic E-state index is 13.3. The molecule has 2 aromatic carbocycles. The van der Waals surface area contributed by atoms with Crippen molar-refractivity contribution in [1.29, 1.82) is 0 Å². The van der Waals surface area contributed by atoms with Gasteiger partial charge in [-0.2, -0.15) is 0 Å². The number of anilines is 1. The number of rotatable bonds is 4. The van der Waals surface area contributed by atoms with Crippen LogP contribution in [-0.4, -0.2) is 15.7 Å². The molecule has 1 aliphatic carbocycles. The van der Waals surface area contributed by atoms with Gasteiger partial charge in [-0.15, -0.1) is 5.10 Å². The standard InChI is InChI=1S/C22H22ClN3O/c1-16-15-26(19-10-3-2-4-11-19)25-20(16)24-21(27)22(12-5-6-13-22)17-8-7-9-18(23)14-17/h2-4,7-11,14-15H,5-6,12-13H2,1H3,(H,24,25,27). The van der Waals surface area contributed by atoms with Gasteiger partial charge in [-0.25, -0.2) is 4.68 Å². The van der Waals surface area contributed by atoms with E-state index in [1.54, 1.807) is 4.68 Å². The summed E-state index contributed by atoms with van der Waals surface area (Å²) in [5.74, 6) is 0.612. The second kappa shape index (κ2) is 7.20. The number of benzene rings is 2. The van der Waals surface area contributed by atoms with Crippen LogP contribution in [0.25, 0.3) is 5.69 Å². The van der Waals surface area contributed by atoms with E-state index in [0.717, 1.165) is 42.5 Å². The average Bonchev–Trinajstić information content (AvgIpc) is 3.31. The van der Waals surface area contributed by atoms with E-state index >= 15 is 0 Å². The highest BCUT2D eigenvalue weighted by atomic mass is 35.5. The summed E-state index contributed by atoms with van der Waals surface area (Å²) >= 11 is 6.20. The Morgan fingerprint density at radius 2 is 1.85 bits per heavy atom. The SMILES string of the molecule is Cc1cn(-c2ccccc2)nc1NC(=O)C1(c2cccc(Cl)c2)CCCC1. The van der Waals surface area contributed by atoms with Crippen LogP contribution in [0, 0.1) is 6.92 Å². The molecule has 0 saturated heterocycles. The summed E-state index contributed by atoms with van der Waals surface area (Å²) in [7, 11) is 0. The summed E-state index contributed by atoms with van der Waals surface area (Å²) < 4.78 is 1.80. The minimum absolute atomic E-state index is 0.00341. The van der Waals surface area contributed by atoms with E-state index in [1.807, 2.05) is 67.7 Å². The van der Waals surface area contributed by atoms with Gasteiger partial charge < -0.3 is 5.32 Å². The number of carbonyl (C=O) groups excluding carboxylic acids is 1. The first-order valence-corrected chi connectivity index (χ1v) is 9.65. The van der Waals surface area contributed by atoms with Crippen LogP contribution in [-0.2, 0) is 10.2 Å². The van der Waals surface area contributed by atoms with Crippen molar-refractivity contribution in [1.82, 2.24) is 9.78 Å². The zero-order valence-electron chi connectivity index (χ0n) is 15.3. The fourth-order valence-electron chi connectivity index (χ4n) is 3.94. The Morgan fingerprint density at radius 3 is 2.56 bits per heavy atom. The van der Waals surface area contributed by atoms with E-state index in [-0.39, 0.29) is 5.91 Å². The first kappa shape index (κ1) is 17.8. The van der Waals surface area contributed by atoms with Crippen LogP contribution in [0.5, 0.6) is 0 Å². The van der Waals surface area contributed by atoms with Crippen molar-refractivity contribution in [3.8, 4) is 5.69 Å². The number of nitrogens with one attached hydrogen (secondary N) is 1. The molecule has 0 radical (unpaired) electrons. The number of hydrogen-bond donors (Lipinski definition) is 1. The molecule has 1 saturated carbocycles. The number of nitrogens with zero attached hydrogens (tertiary/aromatic N) is 2. The third-order valence-electron chi connectivity index (χ3n) is 5.42. The predicted molar refractivity (Wildman–Crippen MR) is 109 cm³/mol. The Bertz CT molecular complexity index is 959. The lowest BCUT2D eigenvalue weighted by molar-refractivity contribution is -0.121. The lowest BCUT2D eigenvalue weighted by atomic mass is 9.78. The smallest absolute Gasteiger partial charge is 0.236 e. The Labute approximate surface area is 164 Å². The van der Waals surface area contributed by atoms with Crippen molar-refractivity contribution in [2.45, 2.75) is 38.0 Å². The lowest BCUT2D eigenvalue weighted by Crippen LogP contribution is -2.38. The Hall–Kier alpha value is -2.59. The monoisotopic (exact) mass is 379 g/mol. The Morgan fingerprint density at radius 1 is 1.11 bits per heavy atom. The highest BCUT2D eigenvalue weighted by Crippen LogP contribution is 2.42. The van der Waals surface area contributed by atoms with Gasteiger partial charge in [0.2, 0.25) is 5.91 Å². The Kier molecular flexibility index (Phi) is 4.75. The number of para-hydroxylation sites is 1. The predicted octanol–water partition coefficient (Wildman–Crippen LogP) is 5.28. The molecular weight excluding hydrogens is 358 g/mol. The summed E-state index contributed by atoms with van der Waals surface area (Å²) in [6.45, 7) is 1.96. The van der Waals surface area contributed by atoms with Crippen LogP contribution >= 0.6 is 11.6 Å². The van der Waals surface area contributed by atoms with Crippen LogP contribution in [0.2, 0.25) is 5.02 Å². The highest BCUT2D eigenvalue weighted by molar-refractivity contribution is 6.30. The third-order valence-corrected chi connectivity index (χ3v) is 5.65. The van der Waals surface area contributed by atoms with E-state index in [1.165, 1.54) is 0 Å². The first-order chi connectivity index (χ1) is 13.1. The van der Waals surface area contributed by atoms with Crippen LogP contribution in [0.1, 0.15) is 36.8 Å². The molecule has 0 bridgehead atoms. The minimum atomic E-state index is -0.534. The number of aromatic nitrogens is 2. The molecule has 1 aliphatic rings. The second-order valence-electron chi connectivity index (χ2n) is 7.19. The fourth-order valence-corrected chi connectivity index (χ4v) is 4.13. The van der Waals surface area contributed by atoms with E-state index in [0.29, 0.717) is 10.8 Å². The highest BCUT2D eigenvalue weighted by Gasteiger charge is 2.43. The molecule has 1 amide bonds. The topological polar surface area (TPSA) is 46.9 Å². The quantitative estimate of drug-likeness (QED) is 0.669. The largest absolute Gasteiger partial charge is 0.308 e. The maximum Gasteiger partial charge on any atom is 0.236 e. The van der Waals surface area contributed by atoms with Gasteiger partial charge in [0, 0.05) is 16.8 Å². The van der Waals surface area contributed by atoms with Crippen LogP contribution in [0.3, 0.4) is 0 Å². The number of amides is 1. The average molecular weight is 380 g/mol. The van der Waals surface area contributed by atoms with Crippen LogP contribution < -0.4 is 5.32 Å². The van der Waals surface area contributed by atoms with Crippen molar-refractivity contribution < 1.29 is 4.79 Å². The molecule has 0 unspecified atom stereocenters. The van der Waals surface area contributed by atoms with Crippen molar-refractivity contribution in [2.24, 2.45) is 0 Å². The summed E-state index contributed by atoms with van der Waals surface area (Å²) in [5.41, 5.74) is 2.36. The molecule has 3 aromatic rings. The molecule has 4 rings (SSSR count). The maximum absolute atomic E-state index is 13.3. The van der Waals surface area contributed by atoms with Gasteiger partial charge in [-0.3, -0.25) is 4.79 Å². The molecule has 1 aromatic heterocycles. The first-order valence-electron chi connectivity index (χ1n) is 9.28. The normalized spacial score (nSPS) is 15.6. The zero-order valence-corrected chi connectivity index (χ0v) is 16.0. The Balaban J connectivity index is 1.64. The lowest BCUT2D eigenvalue weighted by Gasteiger charge is -2.28. The summed E-state index contributed by atoms with van der Waals surface area (Å²) in [5, 5.41) is 8.34. The number of hydrogen-bond acceptors (Lipinski definition) is 2. The summed E-state index contributed by atoms with van der Waals surface area (Å²) in [6, 6.07) is 17.6. The number of aryl methyl sites for hydroxylation is 1. The molecule has 1 N–H and O–H groups in total. The minimum Gasteiger partial charge on any atom is -0.308 e. The van der Waals surface area contributed by atoms with E-state index in [4.69, 9.17) is 11.6 Å². The van der Waals surface area contributed by atoms with E-state index < -0.39 is 5.41 Å². The number of halogens is 1. The van der Waals surface area contributed by atoms with Gasteiger partial charge in [-0.05, 0) is 49.6 Å². The summed E-state index contributed by atoms with van der Waals surface area (Å²) in [6.07, 6.45) is 5.68. The van der Waals surface area contributed by atoms with Crippen molar-refractivity contribution >= 4 is 23.3 Å². The summed E-state index contributed by atoms with van der Waals surface area (Å²) in [4.78, 5) is 13.3. The molecule has 1 fully saturated rings. The number of carbonyl (C=O) groups is 1.